The van der Waals surface area contributed by atoms with Crippen molar-refractivity contribution in [2.45, 2.75) is 6.61 Å². The van der Waals surface area contributed by atoms with Crippen LogP contribution in [-0.2, 0) is 6.61 Å². The van der Waals surface area contributed by atoms with Gasteiger partial charge in [0.2, 0.25) is 0 Å². The molecule has 0 unspecified atom stereocenters. The predicted molar refractivity (Wildman–Crippen MR) is 84.7 cm³/mol. The van der Waals surface area contributed by atoms with Gasteiger partial charge in [-0.15, -0.1) is 0 Å². The van der Waals surface area contributed by atoms with E-state index in [1.807, 2.05) is 18.2 Å². The number of aliphatic hydroxyl groups is 1. The van der Waals surface area contributed by atoms with E-state index in [-0.39, 0.29) is 6.61 Å². The SMILES string of the molecule is COc1ccc(OC)c(-c2nc3ccc(Cl)cn3c2CO)c1. The summed E-state index contributed by atoms with van der Waals surface area (Å²) in [7, 11) is 3.19. The Bertz CT molecular complexity index is 830. The third-order valence-electron chi connectivity index (χ3n) is 3.49. The third-order valence-corrected chi connectivity index (χ3v) is 3.72. The molecule has 0 atom stereocenters. The number of nitrogens with zero attached hydrogens (tertiary/aromatic N) is 2. The van der Waals surface area contributed by atoms with Gasteiger partial charge in [0.05, 0.1) is 37.2 Å². The molecule has 0 aliphatic rings. The normalized spacial score (nSPS) is 10.9. The van der Waals surface area contributed by atoms with E-state index in [9.17, 15) is 5.11 Å². The summed E-state index contributed by atoms with van der Waals surface area (Å²) in [4.78, 5) is 4.59. The van der Waals surface area contributed by atoms with Crippen LogP contribution in [-0.4, -0.2) is 28.7 Å². The zero-order chi connectivity index (χ0) is 15.7. The van der Waals surface area contributed by atoms with Gasteiger partial charge in [0.15, 0.2) is 0 Å². The fourth-order valence-electron chi connectivity index (χ4n) is 2.43. The highest BCUT2D eigenvalue weighted by molar-refractivity contribution is 6.30. The van der Waals surface area contributed by atoms with Gasteiger partial charge in [0, 0.05) is 11.8 Å². The van der Waals surface area contributed by atoms with Crippen molar-refractivity contribution in [1.82, 2.24) is 9.38 Å². The van der Waals surface area contributed by atoms with Crippen molar-refractivity contribution >= 4 is 17.2 Å². The molecule has 0 fully saturated rings. The molecule has 0 aliphatic heterocycles. The molecule has 22 heavy (non-hydrogen) atoms. The maximum absolute atomic E-state index is 9.77. The van der Waals surface area contributed by atoms with Crippen LogP contribution in [0.1, 0.15) is 5.69 Å². The Hall–Kier alpha value is -2.24. The van der Waals surface area contributed by atoms with E-state index < -0.39 is 0 Å². The molecule has 2 aromatic heterocycles. The van der Waals surface area contributed by atoms with E-state index in [0.717, 1.165) is 5.56 Å². The predicted octanol–water partition coefficient (Wildman–Crippen LogP) is 3.16. The van der Waals surface area contributed by atoms with E-state index in [0.29, 0.717) is 33.6 Å². The number of imidazole rings is 1. The average molecular weight is 319 g/mol. The van der Waals surface area contributed by atoms with Crippen molar-refractivity contribution < 1.29 is 14.6 Å². The number of rotatable bonds is 4. The minimum Gasteiger partial charge on any atom is -0.497 e. The summed E-state index contributed by atoms with van der Waals surface area (Å²) in [6, 6.07) is 9.02. The molecule has 114 valence electrons. The van der Waals surface area contributed by atoms with E-state index in [4.69, 9.17) is 21.1 Å². The number of ether oxygens (including phenoxy) is 2. The monoisotopic (exact) mass is 318 g/mol. The molecule has 3 aromatic rings. The summed E-state index contributed by atoms with van der Waals surface area (Å²) in [6.07, 6.45) is 1.73. The highest BCUT2D eigenvalue weighted by Crippen LogP contribution is 2.35. The van der Waals surface area contributed by atoms with Crippen LogP contribution in [0.2, 0.25) is 5.02 Å². The number of fused-ring (bicyclic) bond motifs is 1. The van der Waals surface area contributed by atoms with Crippen molar-refractivity contribution in [2.24, 2.45) is 0 Å². The van der Waals surface area contributed by atoms with Gasteiger partial charge < -0.3 is 14.6 Å². The maximum atomic E-state index is 9.77. The molecule has 0 radical (unpaired) electrons. The van der Waals surface area contributed by atoms with Crippen LogP contribution in [0.5, 0.6) is 11.5 Å². The molecule has 3 rings (SSSR count). The fraction of sp³-hybridized carbons (Fsp3) is 0.188. The fourth-order valence-corrected chi connectivity index (χ4v) is 2.59. The number of benzene rings is 1. The summed E-state index contributed by atoms with van der Waals surface area (Å²) in [5.41, 5.74) is 2.74. The molecule has 1 N–H and O–H groups in total. The molecule has 0 aliphatic carbocycles. The molecular weight excluding hydrogens is 304 g/mol. The first-order valence-electron chi connectivity index (χ1n) is 6.67. The van der Waals surface area contributed by atoms with Crippen molar-refractivity contribution in [1.29, 1.82) is 0 Å². The van der Waals surface area contributed by atoms with Crippen LogP contribution in [0, 0.1) is 0 Å². The quantitative estimate of drug-likeness (QED) is 0.803. The number of pyridine rings is 1. The lowest BCUT2D eigenvalue weighted by Gasteiger charge is -2.10. The van der Waals surface area contributed by atoms with Gasteiger partial charge in [0.1, 0.15) is 17.1 Å². The molecule has 0 saturated heterocycles. The topological polar surface area (TPSA) is 56.0 Å². The standard InChI is InChI=1S/C16H15ClN2O3/c1-21-11-4-5-14(22-2)12(7-11)16-13(9-20)19-8-10(17)3-6-15(19)18-16/h3-8,20H,9H2,1-2H3. The molecule has 1 aromatic carbocycles. The van der Waals surface area contributed by atoms with Crippen LogP contribution >= 0.6 is 11.6 Å². The minimum absolute atomic E-state index is 0.169. The summed E-state index contributed by atoms with van der Waals surface area (Å²) in [5, 5.41) is 10.3. The van der Waals surface area contributed by atoms with Gasteiger partial charge >= 0.3 is 0 Å². The minimum atomic E-state index is -0.169. The molecule has 6 heteroatoms. The first kappa shape index (κ1) is 14.7. The Balaban J connectivity index is 2.30. The van der Waals surface area contributed by atoms with Crippen molar-refractivity contribution in [3.05, 3.63) is 47.2 Å². The van der Waals surface area contributed by atoms with Crippen LogP contribution in [0.15, 0.2) is 36.5 Å². The lowest BCUT2D eigenvalue weighted by molar-refractivity contribution is 0.276. The van der Waals surface area contributed by atoms with Gasteiger partial charge in [-0.3, -0.25) is 4.40 Å². The Kier molecular flexibility index (Phi) is 3.92. The van der Waals surface area contributed by atoms with Crippen LogP contribution < -0.4 is 9.47 Å². The van der Waals surface area contributed by atoms with Gasteiger partial charge in [-0.1, -0.05) is 11.6 Å². The molecule has 0 bridgehead atoms. The van der Waals surface area contributed by atoms with Crippen molar-refractivity contribution in [3.8, 4) is 22.8 Å². The molecule has 2 heterocycles. The van der Waals surface area contributed by atoms with E-state index >= 15 is 0 Å². The summed E-state index contributed by atoms with van der Waals surface area (Å²) in [6.45, 7) is -0.169. The first-order valence-corrected chi connectivity index (χ1v) is 7.05. The second-order valence-corrected chi connectivity index (χ2v) is 5.14. The number of aliphatic hydroxyl groups excluding tert-OH is 1. The zero-order valence-electron chi connectivity index (χ0n) is 12.2. The van der Waals surface area contributed by atoms with Crippen LogP contribution in [0.25, 0.3) is 16.9 Å². The van der Waals surface area contributed by atoms with Crippen LogP contribution in [0.3, 0.4) is 0 Å². The molecule has 0 saturated carbocycles. The maximum Gasteiger partial charge on any atom is 0.137 e. The molecule has 0 amide bonds. The second kappa shape index (κ2) is 5.87. The zero-order valence-corrected chi connectivity index (χ0v) is 13.0. The smallest absolute Gasteiger partial charge is 0.137 e. The number of aromatic nitrogens is 2. The molecule has 5 nitrogen and oxygen atoms in total. The van der Waals surface area contributed by atoms with Gasteiger partial charge in [-0.2, -0.15) is 0 Å². The average Bonchev–Trinajstić information content (AvgIpc) is 2.91. The van der Waals surface area contributed by atoms with Gasteiger partial charge in [-0.25, -0.2) is 4.98 Å². The highest BCUT2D eigenvalue weighted by Gasteiger charge is 2.18. The first-order chi connectivity index (χ1) is 10.7. The second-order valence-electron chi connectivity index (χ2n) is 4.71. The summed E-state index contributed by atoms with van der Waals surface area (Å²) >= 11 is 6.03. The number of methoxy groups -OCH3 is 2. The highest BCUT2D eigenvalue weighted by atomic mass is 35.5. The largest absolute Gasteiger partial charge is 0.497 e. The summed E-state index contributed by atoms with van der Waals surface area (Å²) < 4.78 is 12.4. The Labute approximate surface area is 132 Å². The van der Waals surface area contributed by atoms with Gasteiger partial charge in [0.25, 0.3) is 0 Å². The van der Waals surface area contributed by atoms with Gasteiger partial charge in [-0.05, 0) is 30.3 Å². The van der Waals surface area contributed by atoms with Crippen molar-refractivity contribution in [3.63, 3.8) is 0 Å². The van der Waals surface area contributed by atoms with E-state index in [1.165, 1.54) is 0 Å². The van der Waals surface area contributed by atoms with Crippen LogP contribution in [0.4, 0.5) is 0 Å². The van der Waals surface area contributed by atoms with Crippen molar-refractivity contribution in [2.75, 3.05) is 14.2 Å². The lowest BCUT2D eigenvalue weighted by Crippen LogP contribution is -1.96. The number of hydrogen-bond donors (Lipinski definition) is 1. The van der Waals surface area contributed by atoms with E-state index in [2.05, 4.69) is 4.98 Å². The Morgan fingerprint density at radius 1 is 1.18 bits per heavy atom. The molecule has 0 spiro atoms. The third kappa shape index (κ3) is 2.38. The number of hydrogen-bond acceptors (Lipinski definition) is 4. The lowest BCUT2D eigenvalue weighted by atomic mass is 10.1. The Morgan fingerprint density at radius 2 is 2.00 bits per heavy atom. The number of halogens is 1. The van der Waals surface area contributed by atoms with E-state index in [1.54, 1.807) is 36.9 Å². The Morgan fingerprint density at radius 3 is 2.68 bits per heavy atom. The summed E-state index contributed by atoms with van der Waals surface area (Å²) in [5.74, 6) is 1.35. The molecular formula is C16H15ClN2O3.